The molecule has 0 aromatic heterocycles. The summed E-state index contributed by atoms with van der Waals surface area (Å²) in [5.74, 6) is 0. The van der Waals surface area contributed by atoms with Gasteiger partial charge in [0.15, 0.2) is 0 Å². The van der Waals surface area contributed by atoms with Crippen LogP contribution >= 0.6 is 0 Å². The van der Waals surface area contributed by atoms with Crippen LogP contribution in [0.1, 0.15) is 110 Å². The highest BCUT2D eigenvalue weighted by molar-refractivity contribution is 5.69. The fourth-order valence-electron chi connectivity index (χ4n) is 2.66. The van der Waals surface area contributed by atoms with Crippen molar-refractivity contribution >= 4 is 6.03 Å². The van der Waals surface area contributed by atoms with Crippen LogP contribution in [0.25, 0.3) is 0 Å². The van der Waals surface area contributed by atoms with Crippen molar-refractivity contribution in [3.05, 3.63) is 12.7 Å². The first-order chi connectivity index (χ1) is 11.1. The molecule has 0 aliphatic carbocycles. The first-order valence-electron chi connectivity index (χ1n) is 9.81. The van der Waals surface area contributed by atoms with Gasteiger partial charge in [-0.3, -0.25) is 0 Å². The van der Waals surface area contributed by atoms with Crippen molar-refractivity contribution in [2.75, 3.05) is 0 Å². The largest absolute Gasteiger partial charge is 0.352 e. The van der Waals surface area contributed by atoms with Gasteiger partial charge in [-0.05, 0) is 12.8 Å². The van der Waals surface area contributed by atoms with Crippen LogP contribution < -0.4 is 11.5 Å². The molecule has 0 aromatic carbocycles. The fraction of sp³-hybridized carbons (Fsp3) is 0.850. The minimum absolute atomic E-state index is 0.833. The van der Waals surface area contributed by atoms with Gasteiger partial charge in [-0.25, -0.2) is 4.79 Å². The summed E-state index contributed by atoms with van der Waals surface area (Å²) in [5, 5.41) is 0. The zero-order valence-corrected chi connectivity index (χ0v) is 15.7. The summed E-state index contributed by atoms with van der Waals surface area (Å²) in [6.45, 7) is 6.06. The van der Waals surface area contributed by atoms with E-state index >= 15 is 0 Å². The minimum Gasteiger partial charge on any atom is -0.352 e. The van der Waals surface area contributed by atoms with Crippen LogP contribution in [0, 0.1) is 0 Å². The SMILES string of the molecule is C=CCCCCCCCCCCCCCCCCC.NC(N)=O. The summed E-state index contributed by atoms with van der Waals surface area (Å²) in [7, 11) is 0. The second-order valence-electron chi connectivity index (χ2n) is 6.43. The Labute approximate surface area is 145 Å². The maximum atomic E-state index is 9.00. The second kappa shape index (κ2) is 23.3. The van der Waals surface area contributed by atoms with Crippen LogP contribution in [0.3, 0.4) is 0 Å². The number of rotatable bonds is 16. The van der Waals surface area contributed by atoms with E-state index < -0.39 is 6.03 Å². The van der Waals surface area contributed by atoms with E-state index in [-0.39, 0.29) is 0 Å². The van der Waals surface area contributed by atoms with E-state index in [9.17, 15) is 0 Å². The Balaban J connectivity index is 0. The highest BCUT2D eigenvalue weighted by Gasteiger charge is 1.93. The zero-order chi connectivity index (χ0) is 17.6. The van der Waals surface area contributed by atoms with Gasteiger partial charge < -0.3 is 11.5 Å². The number of carbonyl (C=O) groups is 1. The Morgan fingerprint density at radius 3 is 1.22 bits per heavy atom. The quantitative estimate of drug-likeness (QED) is 0.248. The molecule has 0 aliphatic rings. The van der Waals surface area contributed by atoms with Gasteiger partial charge in [0.25, 0.3) is 0 Å². The van der Waals surface area contributed by atoms with E-state index in [0.29, 0.717) is 0 Å². The standard InChI is InChI=1S/C19H38.CH4N2O/c1-3-5-7-9-11-13-15-17-19-18-16-14-12-10-8-6-4-2;2-1(3)4/h3H,1,4-19H2,2H3;(H4,2,3,4). The molecular weight excluding hydrogens is 284 g/mol. The number of hydrogen-bond donors (Lipinski definition) is 2. The Bertz CT molecular complexity index is 238. The fourth-order valence-corrected chi connectivity index (χ4v) is 2.66. The summed E-state index contributed by atoms with van der Waals surface area (Å²) >= 11 is 0. The molecule has 0 aromatic rings. The van der Waals surface area contributed by atoms with Gasteiger partial charge in [0, 0.05) is 0 Å². The van der Waals surface area contributed by atoms with Crippen LogP contribution in [-0.2, 0) is 0 Å². The lowest BCUT2D eigenvalue weighted by molar-refractivity contribution is 0.256. The molecule has 3 heteroatoms. The number of allylic oxidation sites excluding steroid dienone is 1. The van der Waals surface area contributed by atoms with Crippen molar-refractivity contribution in [1.82, 2.24) is 0 Å². The topological polar surface area (TPSA) is 69.1 Å². The van der Waals surface area contributed by atoms with Crippen molar-refractivity contribution in [3.63, 3.8) is 0 Å². The first kappa shape index (κ1) is 24.3. The lowest BCUT2D eigenvalue weighted by atomic mass is 10.0. The molecule has 0 bridgehead atoms. The van der Waals surface area contributed by atoms with Crippen LogP contribution in [0.2, 0.25) is 0 Å². The molecule has 0 spiro atoms. The normalized spacial score (nSPS) is 9.96. The molecule has 138 valence electrons. The van der Waals surface area contributed by atoms with Gasteiger partial charge in [-0.1, -0.05) is 103 Å². The Hall–Kier alpha value is -0.990. The van der Waals surface area contributed by atoms with Gasteiger partial charge in [-0.15, -0.1) is 6.58 Å². The zero-order valence-electron chi connectivity index (χ0n) is 15.7. The average molecular weight is 327 g/mol. The molecule has 0 atom stereocenters. The molecule has 0 saturated heterocycles. The lowest BCUT2D eigenvalue weighted by Crippen LogP contribution is -2.18. The number of hydrogen-bond acceptors (Lipinski definition) is 1. The molecule has 0 unspecified atom stereocenters. The summed E-state index contributed by atoms with van der Waals surface area (Å²) in [5.41, 5.74) is 8.50. The summed E-state index contributed by atoms with van der Waals surface area (Å²) < 4.78 is 0. The van der Waals surface area contributed by atoms with Gasteiger partial charge >= 0.3 is 6.03 Å². The smallest absolute Gasteiger partial charge is 0.309 e. The monoisotopic (exact) mass is 326 g/mol. The molecule has 3 nitrogen and oxygen atoms in total. The van der Waals surface area contributed by atoms with E-state index in [2.05, 4.69) is 25.0 Å². The molecule has 2 amide bonds. The number of primary amides is 2. The third kappa shape index (κ3) is 33.7. The second-order valence-corrected chi connectivity index (χ2v) is 6.43. The average Bonchev–Trinajstić information content (AvgIpc) is 2.50. The van der Waals surface area contributed by atoms with Gasteiger partial charge in [0.1, 0.15) is 0 Å². The highest BCUT2D eigenvalue weighted by Crippen LogP contribution is 2.13. The van der Waals surface area contributed by atoms with Crippen molar-refractivity contribution in [3.8, 4) is 0 Å². The van der Waals surface area contributed by atoms with Crippen LogP contribution in [0.5, 0.6) is 0 Å². The van der Waals surface area contributed by atoms with E-state index in [4.69, 9.17) is 4.79 Å². The third-order valence-electron chi connectivity index (χ3n) is 4.01. The summed E-state index contributed by atoms with van der Waals surface area (Å²) in [6.07, 6.45) is 24.9. The maximum Gasteiger partial charge on any atom is 0.309 e. The number of nitrogens with two attached hydrogens (primary N) is 2. The third-order valence-corrected chi connectivity index (χ3v) is 4.01. The predicted octanol–water partition coefficient (Wildman–Crippen LogP) is 6.46. The van der Waals surface area contributed by atoms with E-state index in [1.54, 1.807) is 0 Å². The molecule has 23 heavy (non-hydrogen) atoms. The van der Waals surface area contributed by atoms with Crippen LogP contribution in [0.4, 0.5) is 4.79 Å². The molecule has 0 rings (SSSR count). The first-order valence-corrected chi connectivity index (χ1v) is 9.81. The molecule has 0 aliphatic heterocycles. The van der Waals surface area contributed by atoms with Crippen molar-refractivity contribution in [2.24, 2.45) is 11.5 Å². The van der Waals surface area contributed by atoms with Gasteiger partial charge in [0.2, 0.25) is 0 Å². The van der Waals surface area contributed by atoms with Crippen molar-refractivity contribution in [2.45, 2.75) is 110 Å². The minimum atomic E-state index is -0.833. The number of urea groups is 1. The molecule has 0 heterocycles. The van der Waals surface area contributed by atoms with Gasteiger partial charge in [-0.2, -0.15) is 0 Å². The summed E-state index contributed by atoms with van der Waals surface area (Å²) in [6, 6.07) is -0.833. The Morgan fingerprint density at radius 1 is 0.696 bits per heavy atom. The van der Waals surface area contributed by atoms with E-state index in [1.165, 1.54) is 103 Å². The Morgan fingerprint density at radius 2 is 0.957 bits per heavy atom. The number of carbonyl (C=O) groups excluding carboxylic acids is 1. The van der Waals surface area contributed by atoms with E-state index in [1.807, 2.05) is 6.08 Å². The predicted molar refractivity (Wildman–Crippen MR) is 104 cm³/mol. The molecule has 4 N–H and O–H groups in total. The molecule has 0 saturated carbocycles. The Kier molecular flexibility index (Phi) is 24.6. The van der Waals surface area contributed by atoms with Crippen molar-refractivity contribution in [1.29, 1.82) is 0 Å². The lowest BCUT2D eigenvalue weighted by Gasteiger charge is -2.03. The van der Waals surface area contributed by atoms with Crippen LogP contribution in [0.15, 0.2) is 12.7 Å². The van der Waals surface area contributed by atoms with E-state index in [0.717, 1.165) is 0 Å². The maximum absolute atomic E-state index is 9.00. The van der Waals surface area contributed by atoms with Crippen LogP contribution in [-0.4, -0.2) is 6.03 Å². The summed E-state index contributed by atoms with van der Waals surface area (Å²) in [4.78, 5) is 9.00. The van der Waals surface area contributed by atoms with Gasteiger partial charge in [0.05, 0.1) is 0 Å². The number of unbranched alkanes of at least 4 members (excludes halogenated alkanes) is 15. The number of amides is 2. The molecular formula is C20H42N2O. The van der Waals surface area contributed by atoms with Crippen molar-refractivity contribution < 1.29 is 4.79 Å². The highest BCUT2D eigenvalue weighted by atomic mass is 16.2. The molecule has 0 fully saturated rings. The molecule has 0 radical (unpaired) electrons.